The molecule has 5 heteroatoms. The van der Waals surface area contributed by atoms with Crippen LogP contribution in [0.15, 0.2) is 0 Å². The molecule has 0 aliphatic carbocycles. The van der Waals surface area contributed by atoms with Gasteiger partial charge in [0.05, 0.1) is 5.92 Å². The van der Waals surface area contributed by atoms with Gasteiger partial charge < -0.3 is 20.4 Å². The molecule has 1 unspecified atom stereocenters. The molecule has 1 atom stereocenters. The van der Waals surface area contributed by atoms with Gasteiger partial charge in [-0.1, -0.05) is 0 Å². The predicted octanol–water partition coefficient (Wildman–Crippen LogP) is -0.260. The smallest absolute Gasteiger partial charge is 0.224 e. The van der Waals surface area contributed by atoms with Gasteiger partial charge in [0.1, 0.15) is 0 Å². The van der Waals surface area contributed by atoms with Crippen molar-refractivity contribution in [3.63, 3.8) is 0 Å². The van der Waals surface area contributed by atoms with Crippen molar-refractivity contribution in [2.24, 2.45) is 5.92 Å². The summed E-state index contributed by atoms with van der Waals surface area (Å²) in [5, 5.41) is 6.37. The van der Waals surface area contributed by atoms with Gasteiger partial charge in [0.15, 0.2) is 0 Å². The minimum atomic E-state index is 0.192. The number of amides is 1. The Labute approximate surface area is 116 Å². The van der Waals surface area contributed by atoms with Crippen molar-refractivity contribution in [1.82, 2.24) is 20.4 Å². The maximum absolute atomic E-state index is 11.9. The van der Waals surface area contributed by atoms with E-state index in [1.807, 2.05) is 0 Å². The zero-order valence-electron chi connectivity index (χ0n) is 12.2. The third-order valence-corrected chi connectivity index (χ3v) is 4.21. The maximum atomic E-state index is 11.9. The van der Waals surface area contributed by atoms with Gasteiger partial charge in [0.25, 0.3) is 0 Å². The number of carbonyl (C=O) groups is 1. The van der Waals surface area contributed by atoms with Crippen molar-refractivity contribution in [1.29, 1.82) is 0 Å². The first-order valence-corrected chi connectivity index (χ1v) is 7.65. The number of hydrogen-bond donors (Lipinski definition) is 2. The Kier molecular flexibility index (Phi) is 6.07. The Hall–Kier alpha value is -0.650. The molecule has 2 fully saturated rings. The zero-order chi connectivity index (χ0) is 13.5. The number of piperazine rings is 1. The highest BCUT2D eigenvalue weighted by Gasteiger charge is 2.20. The van der Waals surface area contributed by atoms with Crippen LogP contribution in [0.25, 0.3) is 0 Å². The highest BCUT2D eigenvalue weighted by atomic mass is 16.1. The second-order valence-electron chi connectivity index (χ2n) is 5.83. The average Bonchev–Trinajstić information content (AvgIpc) is 2.46. The standard InChI is InChI=1S/C14H28N4O/c1-17-8-10-18(11-9-17)7-3-6-16-14(19)13-4-2-5-15-12-13/h13,15H,2-12H2,1H3,(H,16,19). The molecule has 0 spiro atoms. The third-order valence-electron chi connectivity index (χ3n) is 4.21. The Morgan fingerprint density at radius 1 is 1.32 bits per heavy atom. The van der Waals surface area contributed by atoms with Gasteiger partial charge in [0, 0.05) is 39.3 Å². The van der Waals surface area contributed by atoms with Crippen LogP contribution in [0.1, 0.15) is 19.3 Å². The molecule has 2 rings (SSSR count). The maximum Gasteiger partial charge on any atom is 0.224 e. The highest BCUT2D eigenvalue weighted by Crippen LogP contribution is 2.09. The lowest BCUT2D eigenvalue weighted by molar-refractivity contribution is -0.125. The number of piperidine rings is 1. The predicted molar refractivity (Wildman–Crippen MR) is 77.2 cm³/mol. The monoisotopic (exact) mass is 268 g/mol. The summed E-state index contributed by atoms with van der Waals surface area (Å²) in [5.74, 6) is 0.433. The number of carbonyl (C=O) groups excluding carboxylic acids is 1. The van der Waals surface area contributed by atoms with Crippen LogP contribution in [0.3, 0.4) is 0 Å². The number of nitrogens with zero attached hydrogens (tertiary/aromatic N) is 2. The summed E-state index contributed by atoms with van der Waals surface area (Å²) in [6.45, 7) is 8.50. The molecule has 2 heterocycles. The van der Waals surface area contributed by atoms with Crippen LogP contribution in [0.4, 0.5) is 0 Å². The van der Waals surface area contributed by atoms with E-state index >= 15 is 0 Å². The van der Waals surface area contributed by atoms with Crippen LogP contribution in [-0.4, -0.2) is 75.1 Å². The summed E-state index contributed by atoms with van der Waals surface area (Å²) >= 11 is 0. The van der Waals surface area contributed by atoms with Crippen molar-refractivity contribution in [3.05, 3.63) is 0 Å². The van der Waals surface area contributed by atoms with Crippen LogP contribution in [0.2, 0.25) is 0 Å². The van der Waals surface area contributed by atoms with Crippen LogP contribution in [-0.2, 0) is 4.79 Å². The summed E-state index contributed by atoms with van der Waals surface area (Å²) in [5.41, 5.74) is 0. The summed E-state index contributed by atoms with van der Waals surface area (Å²) in [7, 11) is 2.18. The second kappa shape index (κ2) is 7.82. The molecule has 2 aliphatic rings. The van der Waals surface area contributed by atoms with E-state index in [9.17, 15) is 4.79 Å². The van der Waals surface area contributed by atoms with E-state index in [2.05, 4.69) is 27.5 Å². The molecule has 1 amide bonds. The average molecular weight is 268 g/mol. The molecule has 0 aromatic heterocycles. The molecular formula is C14H28N4O. The molecule has 0 aromatic carbocycles. The van der Waals surface area contributed by atoms with Gasteiger partial charge in [-0.2, -0.15) is 0 Å². The van der Waals surface area contributed by atoms with Gasteiger partial charge in [-0.05, 0) is 39.4 Å². The van der Waals surface area contributed by atoms with Crippen molar-refractivity contribution in [2.75, 3.05) is 59.4 Å². The Bertz CT molecular complexity index is 271. The highest BCUT2D eigenvalue weighted by molar-refractivity contribution is 5.78. The number of nitrogens with one attached hydrogen (secondary N) is 2. The number of likely N-dealkylation sites (N-methyl/N-ethyl adjacent to an activating group) is 1. The molecule has 5 nitrogen and oxygen atoms in total. The number of rotatable bonds is 5. The van der Waals surface area contributed by atoms with E-state index in [-0.39, 0.29) is 11.8 Å². The summed E-state index contributed by atoms with van der Waals surface area (Å²) < 4.78 is 0. The molecule has 2 aliphatic heterocycles. The Balaban J connectivity index is 1.52. The Morgan fingerprint density at radius 2 is 2.11 bits per heavy atom. The fourth-order valence-electron chi connectivity index (χ4n) is 2.81. The largest absolute Gasteiger partial charge is 0.356 e. The van der Waals surface area contributed by atoms with E-state index in [1.54, 1.807) is 0 Å². The zero-order valence-corrected chi connectivity index (χ0v) is 12.2. The summed E-state index contributed by atoms with van der Waals surface area (Å²) in [6, 6.07) is 0. The van der Waals surface area contributed by atoms with Gasteiger partial charge in [-0.15, -0.1) is 0 Å². The van der Waals surface area contributed by atoms with E-state index in [0.717, 1.165) is 58.5 Å². The quantitative estimate of drug-likeness (QED) is 0.675. The molecule has 110 valence electrons. The minimum Gasteiger partial charge on any atom is -0.356 e. The van der Waals surface area contributed by atoms with Gasteiger partial charge in [0.2, 0.25) is 5.91 Å². The Morgan fingerprint density at radius 3 is 2.79 bits per heavy atom. The molecule has 0 aromatic rings. The third kappa shape index (κ3) is 5.09. The van der Waals surface area contributed by atoms with Crippen molar-refractivity contribution < 1.29 is 4.79 Å². The van der Waals surface area contributed by atoms with E-state index in [1.165, 1.54) is 13.1 Å². The van der Waals surface area contributed by atoms with Gasteiger partial charge in [-0.3, -0.25) is 4.79 Å². The second-order valence-corrected chi connectivity index (χ2v) is 5.83. The van der Waals surface area contributed by atoms with Crippen LogP contribution in [0, 0.1) is 5.92 Å². The van der Waals surface area contributed by atoms with Crippen LogP contribution in [0.5, 0.6) is 0 Å². The molecule has 2 N–H and O–H groups in total. The van der Waals surface area contributed by atoms with Crippen LogP contribution < -0.4 is 10.6 Å². The summed E-state index contributed by atoms with van der Waals surface area (Å²) in [4.78, 5) is 16.8. The molecule has 0 bridgehead atoms. The lowest BCUT2D eigenvalue weighted by Crippen LogP contribution is -2.45. The molecular weight excluding hydrogens is 240 g/mol. The van der Waals surface area contributed by atoms with E-state index in [0.29, 0.717) is 0 Å². The molecule has 19 heavy (non-hydrogen) atoms. The summed E-state index contributed by atoms with van der Waals surface area (Å²) in [6.07, 6.45) is 3.23. The van der Waals surface area contributed by atoms with Crippen LogP contribution >= 0.6 is 0 Å². The van der Waals surface area contributed by atoms with Gasteiger partial charge in [-0.25, -0.2) is 0 Å². The first-order valence-electron chi connectivity index (χ1n) is 7.65. The lowest BCUT2D eigenvalue weighted by atomic mass is 9.99. The van der Waals surface area contributed by atoms with Crippen molar-refractivity contribution >= 4 is 5.91 Å². The fraction of sp³-hybridized carbons (Fsp3) is 0.929. The minimum absolute atomic E-state index is 0.192. The fourth-order valence-corrected chi connectivity index (χ4v) is 2.81. The van der Waals surface area contributed by atoms with Crippen molar-refractivity contribution in [3.8, 4) is 0 Å². The normalized spacial score (nSPS) is 26.3. The topological polar surface area (TPSA) is 47.6 Å². The molecule has 0 radical (unpaired) electrons. The number of hydrogen-bond acceptors (Lipinski definition) is 4. The SMILES string of the molecule is CN1CCN(CCCNC(=O)C2CCCNC2)CC1. The first kappa shape index (κ1) is 14.8. The van der Waals surface area contributed by atoms with E-state index in [4.69, 9.17) is 0 Å². The van der Waals surface area contributed by atoms with Crippen molar-refractivity contribution in [2.45, 2.75) is 19.3 Å². The van der Waals surface area contributed by atoms with E-state index < -0.39 is 0 Å². The first-order chi connectivity index (χ1) is 9.25. The molecule has 2 saturated heterocycles. The van der Waals surface area contributed by atoms with Gasteiger partial charge >= 0.3 is 0 Å². The molecule has 0 saturated carbocycles. The lowest BCUT2D eigenvalue weighted by Gasteiger charge is -2.32.